The highest BCUT2D eigenvalue weighted by Gasteiger charge is 2.48. The average Bonchev–Trinajstić information content (AvgIpc) is 3.17. The van der Waals surface area contributed by atoms with Gasteiger partial charge in [0, 0.05) is 0 Å². The third kappa shape index (κ3) is 4.44. The van der Waals surface area contributed by atoms with Crippen molar-refractivity contribution in [2.24, 2.45) is 0 Å². The molecule has 10 heteroatoms. The maximum atomic E-state index is 6.54. The minimum Gasteiger partial charge on any atom is -0.414 e. The van der Waals surface area contributed by atoms with Crippen LogP contribution in [-0.4, -0.2) is 58.5 Å². The quantitative estimate of drug-likeness (QED) is 0.373. The Morgan fingerprint density at radius 3 is 2.61 bits per heavy atom. The van der Waals surface area contributed by atoms with Crippen LogP contribution >= 0.6 is 11.6 Å². The highest BCUT2D eigenvalue weighted by Crippen LogP contribution is 2.40. The van der Waals surface area contributed by atoms with Gasteiger partial charge in [-0.2, -0.15) is 0 Å². The van der Waals surface area contributed by atoms with Gasteiger partial charge in [-0.15, -0.1) is 0 Å². The van der Waals surface area contributed by atoms with Crippen molar-refractivity contribution in [1.82, 2.24) is 19.5 Å². The van der Waals surface area contributed by atoms with E-state index in [1.165, 1.54) is 6.33 Å². The van der Waals surface area contributed by atoms with Crippen LogP contribution in [0.25, 0.3) is 11.2 Å². The molecule has 0 spiro atoms. The van der Waals surface area contributed by atoms with Crippen molar-refractivity contribution in [2.75, 3.05) is 6.61 Å². The SMILES string of the molecule is CC1(C)O[C@H]2[C@H](n3cnc4c(Cl)ncnc43)O[C@H](CO[Si](C)(C)C(C)(C)C)C=C[C@H]2O1. The van der Waals surface area contributed by atoms with E-state index in [0.29, 0.717) is 22.9 Å². The van der Waals surface area contributed by atoms with Crippen LogP contribution in [-0.2, 0) is 18.6 Å². The Labute approximate surface area is 189 Å². The first-order valence-electron chi connectivity index (χ1n) is 10.5. The van der Waals surface area contributed by atoms with Gasteiger partial charge in [-0.25, -0.2) is 15.0 Å². The Hall–Kier alpha value is -1.36. The van der Waals surface area contributed by atoms with Crippen LogP contribution < -0.4 is 0 Å². The molecule has 1 fully saturated rings. The molecule has 0 radical (unpaired) electrons. The van der Waals surface area contributed by atoms with Gasteiger partial charge >= 0.3 is 0 Å². The summed E-state index contributed by atoms with van der Waals surface area (Å²) in [6.45, 7) is 15.4. The molecule has 8 nitrogen and oxygen atoms in total. The minimum absolute atomic E-state index is 0.113. The lowest BCUT2D eigenvalue weighted by Crippen LogP contribution is -2.43. The van der Waals surface area contributed by atoms with Gasteiger partial charge in [-0.05, 0) is 32.0 Å². The fourth-order valence-corrected chi connectivity index (χ4v) is 4.75. The molecule has 31 heavy (non-hydrogen) atoms. The van der Waals surface area contributed by atoms with Gasteiger partial charge in [0.15, 0.2) is 31.1 Å². The van der Waals surface area contributed by atoms with Crippen molar-refractivity contribution in [2.45, 2.75) is 83.1 Å². The molecule has 0 aliphatic carbocycles. The van der Waals surface area contributed by atoms with Gasteiger partial charge in [0.25, 0.3) is 0 Å². The smallest absolute Gasteiger partial charge is 0.192 e. The third-order valence-electron chi connectivity index (χ3n) is 6.28. The van der Waals surface area contributed by atoms with Gasteiger partial charge in [0.1, 0.15) is 30.2 Å². The number of rotatable bonds is 4. The molecule has 4 heterocycles. The molecule has 0 saturated carbocycles. The van der Waals surface area contributed by atoms with E-state index in [4.69, 9.17) is 30.2 Å². The summed E-state index contributed by atoms with van der Waals surface area (Å²) in [7, 11) is -1.93. The van der Waals surface area contributed by atoms with Crippen LogP contribution in [0.3, 0.4) is 0 Å². The fourth-order valence-electron chi connectivity index (χ4n) is 3.56. The van der Waals surface area contributed by atoms with E-state index in [9.17, 15) is 0 Å². The number of imidazole rings is 1. The second kappa shape index (κ2) is 7.89. The minimum atomic E-state index is -1.93. The zero-order valence-electron chi connectivity index (χ0n) is 19.1. The Balaban J connectivity index is 1.66. The van der Waals surface area contributed by atoms with Crippen LogP contribution in [0.5, 0.6) is 0 Å². The lowest BCUT2D eigenvalue weighted by molar-refractivity contribution is -0.175. The summed E-state index contributed by atoms with van der Waals surface area (Å²) in [6.07, 6.45) is 5.67. The number of aromatic nitrogens is 4. The number of fused-ring (bicyclic) bond motifs is 2. The van der Waals surface area contributed by atoms with Crippen molar-refractivity contribution in [1.29, 1.82) is 0 Å². The van der Waals surface area contributed by atoms with E-state index in [2.05, 4.69) is 48.8 Å². The van der Waals surface area contributed by atoms with E-state index in [1.807, 2.05) is 30.6 Å². The molecule has 0 bridgehead atoms. The maximum Gasteiger partial charge on any atom is 0.192 e. The molecule has 2 aliphatic heterocycles. The van der Waals surface area contributed by atoms with Crippen molar-refractivity contribution in [3.63, 3.8) is 0 Å². The van der Waals surface area contributed by atoms with Gasteiger partial charge in [0.05, 0.1) is 12.9 Å². The Morgan fingerprint density at radius 1 is 1.16 bits per heavy atom. The monoisotopic (exact) mass is 466 g/mol. The van der Waals surface area contributed by atoms with Crippen molar-refractivity contribution >= 4 is 31.1 Å². The Bertz CT molecular complexity index is 987. The summed E-state index contributed by atoms with van der Waals surface area (Å²) in [5.74, 6) is -0.727. The largest absolute Gasteiger partial charge is 0.414 e. The highest BCUT2D eigenvalue weighted by atomic mass is 35.5. The molecule has 1 saturated heterocycles. The molecule has 0 unspecified atom stereocenters. The summed E-state index contributed by atoms with van der Waals surface area (Å²) < 4.78 is 27.2. The molecule has 4 atom stereocenters. The normalized spacial score (nSPS) is 28.6. The summed E-state index contributed by atoms with van der Waals surface area (Å²) in [5.41, 5.74) is 1.11. The Kier molecular flexibility index (Phi) is 5.81. The summed E-state index contributed by atoms with van der Waals surface area (Å²) in [6, 6.07) is 0. The van der Waals surface area contributed by atoms with Gasteiger partial charge in [0.2, 0.25) is 0 Å². The predicted octanol–water partition coefficient (Wildman–Crippen LogP) is 4.48. The number of halogens is 1. The summed E-state index contributed by atoms with van der Waals surface area (Å²) in [5, 5.41) is 0.413. The van der Waals surface area contributed by atoms with Gasteiger partial charge in [-0.1, -0.05) is 44.5 Å². The molecule has 2 aromatic rings. The molecule has 0 aromatic carbocycles. The predicted molar refractivity (Wildman–Crippen MR) is 120 cm³/mol. The first-order valence-corrected chi connectivity index (χ1v) is 13.8. The van der Waals surface area contributed by atoms with E-state index >= 15 is 0 Å². The van der Waals surface area contributed by atoms with E-state index in [1.54, 1.807) is 6.33 Å². The second-order valence-electron chi connectivity index (χ2n) is 10.1. The maximum absolute atomic E-state index is 6.54. The van der Waals surface area contributed by atoms with Crippen molar-refractivity contribution in [3.05, 3.63) is 30.0 Å². The van der Waals surface area contributed by atoms with Crippen molar-refractivity contribution in [3.8, 4) is 0 Å². The summed E-state index contributed by atoms with van der Waals surface area (Å²) in [4.78, 5) is 12.8. The standard InChI is InChI=1S/C21H31ClN4O4Si/c1-20(2,3)31(6,7)27-10-13-8-9-14-16(30-21(4,5)29-14)19(28-13)26-12-25-15-17(22)23-11-24-18(15)26/h8-9,11-14,16,19H,10H2,1-7H3/t13-,14+,16+,19+/m0/s1. The molecule has 0 amide bonds. The first kappa shape index (κ1) is 22.8. The van der Waals surface area contributed by atoms with Crippen LogP contribution in [0.15, 0.2) is 24.8 Å². The summed E-state index contributed by atoms with van der Waals surface area (Å²) >= 11 is 6.22. The first-order chi connectivity index (χ1) is 14.4. The number of hydrogen-bond acceptors (Lipinski definition) is 7. The van der Waals surface area contributed by atoms with E-state index in [0.717, 1.165) is 0 Å². The topological polar surface area (TPSA) is 80.5 Å². The van der Waals surface area contributed by atoms with Crippen LogP contribution in [0.2, 0.25) is 23.3 Å². The molecule has 4 rings (SSSR count). The average molecular weight is 467 g/mol. The zero-order valence-corrected chi connectivity index (χ0v) is 20.9. The second-order valence-corrected chi connectivity index (χ2v) is 15.2. The highest BCUT2D eigenvalue weighted by molar-refractivity contribution is 6.74. The molecular formula is C21H31ClN4O4Si. The lowest BCUT2D eigenvalue weighted by Gasteiger charge is -2.37. The molecule has 170 valence electrons. The van der Waals surface area contributed by atoms with Crippen LogP contribution in [0.1, 0.15) is 40.8 Å². The molecule has 2 aromatic heterocycles. The molecule has 0 N–H and O–H groups in total. The zero-order chi connectivity index (χ0) is 22.6. The van der Waals surface area contributed by atoms with E-state index < -0.39 is 20.3 Å². The Morgan fingerprint density at radius 2 is 1.90 bits per heavy atom. The number of hydrogen-bond donors (Lipinski definition) is 0. The number of nitrogens with zero attached hydrogens (tertiary/aromatic N) is 4. The number of ether oxygens (including phenoxy) is 3. The van der Waals surface area contributed by atoms with Crippen molar-refractivity contribution < 1.29 is 18.6 Å². The van der Waals surface area contributed by atoms with Crippen LogP contribution in [0, 0.1) is 0 Å². The molecule has 2 aliphatic rings. The molecular weight excluding hydrogens is 436 g/mol. The van der Waals surface area contributed by atoms with Gasteiger partial charge in [-0.3, -0.25) is 4.57 Å². The fraction of sp³-hybridized carbons (Fsp3) is 0.667. The third-order valence-corrected chi connectivity index (χ3v) is 11.1. The van der Waals surface area contributed by atoms with Crippen LogP contribution in [0.4, 0.5) is 0 Å². The lowest BCUT2D eigenvalue weighted by atomic mass is 10.1. The van der Waals surface area contributed by atoms with E-state index in [-0.39, 0.29) is 23.4 Å². The van der Waals surface area contributed by atoms with Gasteiger partial charge < -0.3 is 18.6 Å².